The molecule has 5 rings (SSSR count). The van der Waals surface area contributed by atoms with Crippen molar-refractivity contribution in [1.29, 1.82) is 0 Å². The third-order valence-corrected chi connectivity index (χ3v) is 6.42. The zero-order valence-electron chi connectivity index (χ0n) is 19.8. The number of pyridine rings is 1. The van der Waals surface area contributed by atoms with Crippen molar-refractivity contribution in [2.75, 3.05) is 11.9 Å². The van der Waals surface area contributed by atoms with E-state index in [-0.39, 0.29) is 11.0 Å². The third kappa shape index (κ3) is 3.97. The Morgan fingerprint density at radius 1 is 1.15 bits per heavy atom. The molecule has 0 spiro atoms. The van der Waals surface area contributed by atoms with Crippen molar-refractivity contribution in [3.8, 4) is 5.82 Å². The summed E-state index contributed by atoms with van der Waals surface area (Å²) in [5.74, 6) is 0.883. The number of hydrogen-bond acceptors (Lipinski definition) is 6. The molecule has 1 aliphatic heterocycles. The van der Waals surface area contributed by atoms with E-state index >= 15 is 0 Å². The maximum Gasteiger partial charge on any atom is 0.278 e. The van der Waals surface area contributed by atoms with Crippen LogP contribution in [0, 0.1) is 0 Å². The molecular formula is C25H28ClN7O. The number of anilines is 2. The van der Waals surface area contributed by atoms with Gasteiger partial charge in [-0.15, -0.1) is 0 Å². The molecule has 0 atom stereocenters. The van der Waals surface area contributed by atoms with Crippen molar-refractivity contribution in [3.63, 3.8) is 0 Å². The van der Waals surface area contributed by atoms with Crippen LogP contribution in [0.25, 0.3) is 16.9 Å². The van der Waals surface area contributed by atoms with Crippen LogP contribution in [0.5, 0.6) is 0 Å². The van der Waals surface area contributed by atoms with Crippen molar-refractivity contribution < 1.29 is 0 Å². The Hall–Kier alpha value is -3.23. The van der Waals surface area contributed by atoms with E-state index in [1.807, 2.05) is 25.1 Å². The molecule has 0 bridgehead atoms. The number of aromatic nitrogens is 5. The first kappa shape index (κ1) is 22.6. The fourth-order valence-electron chi connectivity index (χ4n) is 4.27. The summed E-state index contributed by atoms with van der Waals surface area (Å²) < 4.78 is 3.30. The van der Waals surface area contributed by atoms with Crippen molar-refractivity contribution in [1.82, 2.24) is 29.6 Å². The number of fused-ring (bicyclic) bond motifs is 2. The highest BCUT2D eigenvalue weighted by atomic mass is 35.5. The second-order valence-corrected chi connectivity index (χ2v) is 9.96. The van der Waals surface area contributed by atoms with Gasteiger partial charge in [-0.1, -0.05) is 38.4 Å². The third-order valence-electron chi connectivity index (χ3n) is 6.12. The molecule has 1 aromatic carbocycles. The summed E-state index contributed by atoms with van der Waals surface area (Å²) in [7, 11) is 0. The summed E-state index contributed by atoms with van der Waals surface area (Å²) >= 11 is 6.59. The number of hydrogen-bond donors (Lipinski definition) is 2. The number of nitrogens with zero attached hydrogens (tertiary/aromatic N) is 5. The summed E-state index contributed by atoms with van der Waals surface area (Å²) in [5, 5.41) is 7.56. The highest BCUT2D eigenvalue weighted by Crippen LogP contribution is 2.28. The zero-order valence-corrected chi connectivity index (χ0v) is 20.6. The van der Waals surface area contributed by atoms with E-state index in [0.717, 1.165) is 30.9 Å². The van der Waals surface area contributed by atoms with Crippen LogP contribution in [0.2, 0.25) is 5.02 Å². The summed E-state index contributed by atoms with van der Waals surface area (Å²) in [6.07, 6.45) is 2.59. The van der Waals surface area contributed by atoms with E-state index in [9.17, 15) is 4.79 Å². The fourth-order valence-corrected chi connectivity index (χ4v) is 4.46. The van der Waals surface area contributed by atoms with E-state index in [0.29, 0.717) is 34.4 Å². The van der Waals surface area contributed by atoms with Crippen LogP contribution in [0.4, 0.5) is 11.6 Å². The quantitative estimate of drug-likeness (QED) is 0.454. The van der Waals surface area contributed by atoms with Gasteiger partial charge < -0.3 is 10.6 Å². The lowest BCUT2D eigenvalue weighted by Crippen LogP contribution is -2.23. The molecule has 2 N–H and O–H groups in total. The standard InChI is InChI=1S/C25H28ClN7O/c1-5-32-23(34)18-14-28-24(29-17-7-6-15-10-11-27-13-16(15)12-17)31-21(18)33(32)22-19(26)8-9-20(30-22)25(2,3)4/h6-9,12,14,27H,5,10-11,13H2,1-4H3,(H,28,29,31). The van der Waals surface area contributed by atoms with Gasteiger partial charge in [0.15, 0.2) is 11.5 Å². The van der Waals surface area contributed by atoms with Crippen LogP contribution in [0.1, 0.15) is 44.5 Å². The molecule has 8 nitrogen and oxygen atoms in total. The molecule has 0 aliphatic carbocycles. The molecule has 0 radical (unpaired) electrons. The van der Waals surface area contributed by atoms with Gasteiger partial charge in [0.05, 0.1) is 5.02 Å². The monoisotopic (exact) mass is 477 g/mol. The van der Waals surface area contributed by atoms with Gasteiger partial charge >= 0.3 is 0 Å². The average Bonchev–Trinajstić information content (AvgIpc) is 3.09. The molecule has 4 heterocycles. The Labute approximate surface area is 203 Å². The van der Waals surface area contributed by atoms with Crippen LogP contribution < -0.4 is 16.2 Å². The first-order valence-corrected chi connectivity index (χ1v) is 11.9. The van der Waals surface area contributed by atoms with E-state index in [2.05, 4.69) is 48.5 Å². The molecule has 34 heavy (non-hydrogen) atoms. The Morgan fingerprint density at radius 3 is 2.74 bits per heavy atom. The first-order chi connectivity index (χ1) is 16.3. The molecular weight excluding hydrogens is 450 g/mol. The Bertz CT molecular complexity index is 1450. The van der Waals surface area contributed by atoms with Gasteiger partial charge in [0, 0.05) is 36.1 Å². The van der Waals surface area contributed by atoms with E-state index < -0.39 is 0 Å². The van der Waals surface area contributed by atoms with Crippen molar-refractivity contribution in [3.05, 3.63) is 68.7 Å². The summed E-state index contributed by atoms with van der Waals surface area (Å²) in [4.78, 5) is 27.1. The summed E-state index contributed by atoms with van der Waals surface area (Å²) in [5.41, 5.74) is 4.50. The number of benzene rings is 1. The van der Waals surface area contributed by atoms with Crippen LogP contribution >= 0.6 is 11.6 Å². The Kier molecular flexibility index (Phi) is 5.65. The van der Waals surface area contributed by atoms with Crippen molar-refractivity contribution in [2.45, 2.75) is 52.6 Å². The largest absolute Gasteiger partial charge is 0.324 e. The number of halogens is 1. The van der Waals surface area contributed by atoms with Gasteiger partial charge in [0.1, 0.15) is 5.39 Å². The predicted molar refractivity (Wildman–Crippen MR) is 135 cm³/mol. The van der Waals surface area contributed by atoms with Gasteiger partial charge in [-0.3, -0.25) is 4.79 Å². The van der Waals surface area contributed by atoms with Crippen LogP contribution in [0.15, 0.2) is 41.3 Å². The van der Waals surface area contributed by atoms with Gasteiger partial charge in [0.25, 0.3) is 5.56 Å². The van der Waals surface area contributed by atoms with E-state index in [4.69, 9.17) is 21.6 Å². The first-order valence-electron chi connectivity index (χ1n) is 11.5. The van der Waals surface area contributed by atoms with Gasteiger partial charge in [0.2, 0.25) is 5.95 Å². The number of rotatable bonds is 4. The van der Waals surface area contributed by atoms with Gasteiger partial charge in [-0.2, -0.15) is 4.98 Å². The lowest BCUT2D eigenvalue weighted by Gasteiger charge is -2.20. The number of nitrogens with one attached hydrogen (secondary N) is 2. The molecule has 9 heteroatoms. The molecule has 0 fully saturated rings. The van der Waals surface area contributed by atoms with Crippen LogP contribution in [-0.2, 0) is 24.9 Å². The van der Waals surface area contributed by atoms with Crippen LogP contribution in [-0.4, -0.2) is 30.9 Å². The van der Waals surface area contributed by atoms with E-state index in [1.165, 1.54) is 11.1 Å². The van der Waals surface area contributed by atoms with Crippen molar-refractivity contribution in [2.24, 2.45) is 0 Å². The van der Waals surface area contributed by atoms with E-state index in [1.54, 1.807) is 15.6 Å². The van der Waals surface area contributed by atoms with Crippen LogP contribution in [0.3, 0.4) is 0 Å². The summed E-state index contributed by atoms with van der Waals surface area (Å²) in [6, 6.07) is 10.0. The average molecular weight is 478 g/mol. The minimum absolute atomic E-state index is 0.178. The normalized spacial score (nSPS) is 13.8. The maximum absolute atomic E-state index is 13.1. The molecule has 1 aliphatic rings. The van der Waals surface area contributed by atoms with Crippen molar-refractivity contribution >= 4 is 34.3 Å². The Balaban J connectivity index is 1.63. The molecule has 3 aromatic heterocycles. The maximum atomic E-state index is 13.1. The lowest BCUT2D eigenvalue weighted by molar-refractivity contribution is 0.545. The molecule has 0 amide bonds. The Morgan fingerprint density at radius 2 is 1.97 bits per heavy atom. The minimum Gasteiger partial charge on any atom is -0.324 e. The highest BCUT2D eigenvalue weighted by Gasteiger charge is 2.22. The molecule has 176 valence electrons. The predicted octanol–water partition coefficient (Wildman–Crippen LogP) is 4.34. The lowest BCUT2D eigenvalue weighted by atomic mass is 9.92. The smallest absolute Gasteiger partial charge is 0.278 e. The topological polar surface area (TPSA) is 89.7 Å². The molecule has 0 saturated heterocycles. The second-order valence-electron chi connectivity index (χ2n) is 9.55. The highest BCUT2D eigenvalue weighted by molar-refractivity contribution is 6.32. The molecule has 0 unspecified atom stereocenters. The minimum atomic E-state index is -0.178. The zero-order chi connectivity index (χ0) is 24.0. The van der Waals surface area contributed by atoms with Gasteiger partial charge in [-0.25, -0.2) is 19.3 Å². The molecule has 0 saturated carbocycles. The van der Waals surface area contributed by atoms with Gasteiger partial charge in [-0.05, 0) is 55.3 Å². The summed E-state index contributed by atoms with van der Waals surface area (Å²) in [6.45, 7) is 10.5. The second kappa shape index (κ2) is 8.52. The molecule has 4 aromatic rings. The fraction of sp³-hybridized carbons (Fsp3) is 0.360. The SMILES string of the molecule is CCn1c(=O)c2cnc(Nc3ccc4c(c3)CNCC4)nc2n1-c1nc(C(C)(C)C)ccc1Cl.